The highest BCUT2D eigenvalue weighted by Crippen LogP contribution is 2.46. The van der Waals surface area contributed by atoms with E-state index in [9.17, 15) is 8.78 Å². The molecule has 2 heteroatoms. The van der Waals surface area contributed by atoms with Crippen LogP contribution in [0.25, 0.3) is 0 Å². The molecule has 164 valence electrons. The summed E-state index contributed by atoms with van der Waals surface area (Å²) in [7, 11) is 0. The van der Waals surface area contributed by atoms with E-state index in [1.54, 1.807) is 0 Å². The van der Waals surface area contributed by atoms with Gasteiger partial charge < -0.3 is 0 Å². The van der Waals surface area contributed by atoms with E-state index in [0.717, 1.165) is 55.3 Å². The van der Waals surface area contributed by atoms with Crippen LogP contribution in [0.1, 0.15) is 116 Å². The van der Waals surface area contributed by atoms with Crippen LogP contribution in [0.15, 0.2) is 0 Å². The summed E-state index contributed by atoms with van der Waals surface area (Å²) in [5.74, 6) is 5.29. The molecule has 28 heavy (non-hydrogen) atoms. The average Bonchev–Trinajstić information content (AvgIpc) is 2.77. The molecule has 0 aromatic carbocycles. The Bertz CT molecular complexity index is 385. The number of hydrogen-bond acceptors (Lipinski definition) is 0. The Balaban J connectivity index is 1.26. The molecule has 0 radical (unpaired) electrons. The highest BCUT2D eigenvalue weighted by Gasteiger charge is 2.34. The predicted molar refractivity (Wildman–Crippen MR) is 116 cm³/mol. The molecule has 0 spiro atoms. The van der Waals surface area contributed by atoms with Gasteiger partial charge in [-0.3, -0.25) is 8.78 Å². The number of halogens is 2. The van der Waals surface area contributed by atoms with E-state index in [0.29, 0.717) is 5.92 Å². The summed E-state index contributed by atoms with van der Waals surface area (Å²) in [5, 5.41) is 0. The van der Waals surface area contributed by atoms with Gasteiger partial charge in [-0.1, -0.05) is 44.9 Å². The lowest BCUT2D eigenvalue weighted by Gasteiger charge is -2.41. The third kappa shape index (κ3) is 6.98. The Hall–Kier alpha value is -0.140. The van der Waals surface area contributed by atoms with Gasteiger partial charge >= 0.3 is 0 Å². The zero-order chi connectivity index (χ0) is 19.6. The summed E-state index contributed by atoms with van der Waals surface area (Å²) in [6.07, 6.45) is 24.0. The topological polar surface area (TPSA) is 0 Å². The third-order valence-corrected chi connectivity index (χ3v) is 8.90. The van der Waals surface area contributed by atoms with Gasteiger partial charge in [0, 0.05) is 0 Å². The van der Waals surface area contributed by atoms with Gasteiger partial charge in [-0.25, -0.2) is 0 Å². The molecule has 0 nitrogen and oxygen atoms in total. The minimum atomic E-state index is -0.133. The van der Waals surface area contributed by atoms with Crippen molar-refractivity contribution in [2.45, 2.75) is 116 Å². The zero-order valence-corrected chi connectivity index (χ0v) is 18.4. The first-order valence-corrected chi connectivity index (χ1v) is 12.9. The maximum absolute atomic E-state index is 12.9. The van der Waals surface area contributed by atoms with Crippen LogP contribution >= 0.6 is 0 Å². The van der Waals surface area contributed by atoms with Crippen molar-refractivity contribution in [1.29, 1.82) is 0 Å². The van der Waals surface area contributed by atoms with Gasteiger partial charge in [-0.15, -0.1) is 0 Å². The van der Waals surface area contributed by atoms with Crippen LogP contribution in [-0.2, 0) is 0 Å². The Kier molecular flexibility index (Phi) is 10.1. The molecule has 3 saturated carbocycles. The van der Waals surface area contributed by atoms with Crippen molar-refractivity contribution >= 4 is 0 Å². The van der Waals surface area contributed by atoms with Crippen molar-refractivity contribution in [3.63, 3.8) is 0 Å². The van der Waals surface area contributed by atoms with Crippen molar-refractivity contribution in [3.8, 4) is 0 Å². The first-order valence-electron chi connectivity index (χ1n) is 12.9. The summed E-state index contributed by atoms with van der Waals surface area (Å²) < 4.78 is 25.0. The largest absolute Gasteiger partial charge is 0.251 e. The smallest absolute Gasteiger partial charge is 0.0922 e. The molecule has 3 aliphatic carbocycles. The highest BCUT2D eigenvalue weighted by atomic mass is 19.1. The van der Waals surface area contributed by atoms with E-state index in [4.69, 9.17) is 0 Å². The molecule has 0 amide bonds. The van der Waals surface area contributed by atoms with Gasteiger partial charge in [-0.2, -0.15) is 0 Å². The van der Waals surface area contributed by atoms with Gasteiger partial charge in [0.05, 0.1) is 13.3 Å². The number of rotatable bonds is 10. The molecule has 0 aromatic rings. The van der Waals surface area contributed by atoms with E-state index in [-0.39, 0.29) is 13.3 Å². The van der Waals surface area contributed by atoms with Crippen LogP contribution < -0.4 is 0 Å². The lowest BCUT2D eigenvalue weighted by Crippen LogP contribution is -2.30. The first kappa shape index (κ1) is 22.5. The Morgan fingerprint density at radius 1 is 0.429 bits per heavy atom. The molecule has 0 saturated heterocycles. The molecule has 0 heterocycles. The zero-order valence-electron chi connectivity index (χ0n) is 18.4. The lowest BCUT2D eigenvalue weighted by molar-refractivity contribution is 0.0998. The van der Waals surface area contributed by atoms with Crippen molar-refractivity contribution in [2.24, 2.45) is 35.5 Å². The van der Waals surface area contributed by atoms with Crippen LogP contribution in [0.3, 0.4) is 0 Å². The fourth-order valence-corrected chi connectivity index (χ4v) is 6.91. The Morgan fingerprint density at radius 3 is 1.29 bits per heavy atom. The molecule has 0 atom stereocenters. The van der Waals surface area contributed by atoms with Crippen molar-refractivity contribution in [3.05, 3.63) is 0 Å². The Labute approximate surface area is 173 Å². The van der Waals surface area contributed by atoms with Gasteiger partial charge in [0.1, 0.15) is 0 Å². The maximum Gasteiger partial charge on any atom is 0.0922 e. The third-order valence-electron chi connectivity index (χ3n) is 8.90. The standard InChI is InChI=1S/C26H46F2/c27-19-5-3-1-2-4-6-21-7-11-23(12-8-21)25-15-17-26(18-16-25)24-13-9-22(20-28)10-14-24/h21-26H,1-20H2. The van der Waals surface area contributed by atoms with Crippen molar-refractivity contribution in [2.75, 3.05) is 13.3 Å². The van der Waals surface area contributed by atoms with Crippen LogP contribution in [0.2, 0.25) is 0 Å². The number of unbranched alkanes of at least 4 members (excludes halogenated alkanes) is 4. The molecule has 3 fully saturated rings. The second kappa shape index (κ2) is 12.5. The first-order chi connectivity index (χ1) is 13.8. The number of alkyl halides is 2. The Morgan fingerprint density at radius 2 is 0.821 bits per heavy atom. The SMILES string of the molecule is FCCCCCCCC1CCC(C2CCC(C3CCC(CF)CC3)CC2)CC1. The lowest BCUT2D eigenvalue weighted by atomic mass is 9.65. The summed E-state index contributed by atoms with van der Waals surface area (Å²) in [6.45, 7) is -0.215. The fraction of sp³-hybridized carbons (Fsp3) is 1.00. The van der Waals surface area contributed by atoms with Gasteiger partial charge in [0.2, 0.25) is 0 Å². The van der Waals surface area contributed by atoms with Crippen LogP contribution in [0.5, 0.6) is 0 Å². The van der Waals surface area contributed by atoms with E-state index in [1.807, 2.05) is 0 Å². The minimum absolute atomic E-state index is 0.0821. The van der Waals surface area contributed by atoms with Gasteiger partial charge in [0.15, 0.2) is 0 Å². The summed E-state index contributed by atoms with van der Waals surface area (Å²) >= 11 is 0. The van der Waals surface area contributed by atoms with E-state index in [1.165, 1.54) is 89.9 Å². The second-order valence-corrected chi connectivity index (χ2v) is 10.6. The molecular formula is C26H46F2. The molecule has 0 N–H and O–H groups in total. The molecule has 0 unspecified atom stereocenters. The van der Waals surface area contributed by atoms with Crippen molar-refractivity contribution in [1.82, 2.24) is 0 Å². The second-order valence-electron chi connectivity index (χ2n) is 10.6. The van der Waals surface area contributed by atoms with Gasteiger partial charge in [-0.05, 0) is 106 Å². The molecule has 0 aliphatic heterocycles. The fourth-order valence-electron chi connectivity index (χ4n) is 6.91. The molecule has 3 rings (SSSR count). The molecule has 0 aromatic heterocycles. The van der Waals surface area contributed by atoms with Gasteiger partial charge in [0.25, 0.3) is 0 Å². The quantitative estimate of drug-likeness (QED) is 0.324. The monoisotopic (exact) mass is 396 g/mol. The van der Waals surface area contributed by atoms with E-state index >= 15 is 0 Å². The predicted octanol–water partition coefficient (Wildman–Crippen LogP) is 8.69. The molecule has 0 bridgehead atoms. The maximum atomic E-state index is 12.9. The normalized spacial score (nSPS) is 37.1. The summed E-state index contributed by atoms with van der Waals surface area (Å²) in [6, 6.07) is 0. The minimum Gasteiger partial charge on any atom is -0.251 e. The van der Waals surface area contributed by atoms with Crippen LogP contribution in [-0.4, -0.2) is 13.3 Å². The average molecular weight is 397 g/mol. The molecule has 3 aliphatic rings. The van der Waals surface area contributed by atoms with Crippen LogP contribution in [0.4, 0.5) is 8.78 Å². The van der Waals surface area contributed by atoms with E-state index < -0.39 is 0 Å². The highest BCUT2D eigenvalue weighted by molar-refractivity contribution is 4.85. The van der Waals surface area contributed by atoms with Crippen LogP contribution in [0, 0.1) is 35.5 Å². The summed E-state index contributed by atoms with van der Waals surface area (Å²) in [4.78, 5) is 0. The number of hydrogen-bond donors (Lipinski definition) is 0. The molecular weight excluding hydrogens is 350 g/mol. The summed E-state index contributed by atoms with van der Waals surface area (Å²) in [5.41, 5.74) is 0. The van der Waals surface area contributed by atoms with E-state index in [2.05, 4.69) is 0 Å². The van der Waals surface area contributed by atoms with Crippen molar-refractivity contribution < 1.29 is 8.78 Å².